The molecule has 86 valence electrons. The standard InChI is InChI=1S/C10H18N2O3/c11-10(15)12-6-8-3-1-7(2-4-8)5-9(13)14/h7-8H,1-6H2,(H,13,14)(H3,11,12,15). The van der Waals surface area contributed by atoms with Gasteiger partial charge in [0.25, 0.3) is 0 Å². The number of aliphatic carboxylic acids is 1. The van der Waals surface area contributed by atoms with E-state index >= 15 is 0 Å². The Bertz CT molecular complexity index is 235. The van der Waals surface area contributed by atoms with Crippen molar-refractivity contribution in [1.29, 1.82) is 0 Å². The molecule has 0 saturated heterocycles. The van der Waals surface area contributed by atoms with E-state index in [1.165, 1.54) is 0 Å². The van der Waals surface area contributed by atoms with Gasteiger partial charge in [0, 0.05) is 13.0 Å². The van der Waals surface area contributed by atoms with Crippen LogP contribution in [0.3, 0.4) is 0 Å². The van der Waals surface area contributed by atoms with Crippen LogP contribution in [-0.4, -0.2) is 23.7 Å². The fourth-order valence-electron chi connectivity index (χ4n) is 2.13. The summed E-state index contributed by atoms with van der Waals surface area (Å²) in [5.41, 5.74) is 4.98. The van der Waals surface area contributed by atoms with Gasteiger partial charge < -0.3 is 16.2 Å². The van der Waals surface area contributed by atoms with Gasteiger partial charge in [-0.15, -0.1) is 0 Å². The van der Waals surface area contributed by atoms with E-state index < -0.39 is 12.0 Å². The number of nitrogens with two attached hydrogens (primary N) is 1. The highest BCUT2D eigenvalue weighted by atomic mass is 16.4. The molecule has 5 heteroatoms. The number of urea groups is 1. The Labute approximate surface area is 89.0 Å². The molecule has 0 aromatic carbocycles. The van der Waals surface area contributed by atoms with Crippen LogP contribution in [0.1, 0.15) is 32.1 Å². The van der Waals surface area contributed by atoms with Crippen LogP contribution < -0.4 is 11.1 Å². The van der Waals surface area contributed by atoms with Crippen LogP contribution in [0.5, 0.6) is 0 Å². The number of carbonyl (C=O) groups is 2. The molecule has 0 unspecified atom stereocenters. The summed E-state index contributed by atoms with van der Waals surface area (Å²) in [5, 5.41) is 11.2. The Balaban J connectivity index is 2.18. The number of primary amides is 1. The maximum absolute atomic E-state index is 10.5. The molecular formula is C10H18N2O3. The minimum atomic E-state index is -0.714. The highest BCUT2D eigenvalue weighted by molar-refractivity contribution is 5.71. The summed E-state index contributed by atoms with van der Waals surface area (Å²) in [6.45, 7) is 0.620. The molecule has 5 nitrogen and oxygen atoms in total. The number of rotatable bonds is 4. The molecule has 0 aromatic rings. The van der Waals surface area contributed by atoms with Gasteiger partial charge in [-0.1, -0.05) is 0 Å². The lowest BCUT2D eigenvalue weighted by molar-refractivity contribution is -0.138. The molecule has 0 spiro atoms. The number of hydrogen-bond acceptors (Lipinski definition) is 2. The molecular weight excluding hydrogens is 196 g/mol. The fourth-order valence-corrected chi connectivity index (χ4v) is 2.13. The summed E-state index contributed by atoms with van der Waals surface area (Å²) in [5.74, 6) is 0.0589. The topological polar surface area (TPSA) is 92.4 Å². The van der Waals surface area contributed by atoms with Gasteiger partial charge in [-0.3, -0.25) is 4.79 Å². The van der Waals surface area contributed by atoms with Crippen molar-refractivity contribution < 1.29 is 14.7 Å². The van der Waals surface area contributed by atoms with Gasteiger partial charge in [-0.2, -0.15) is 0 Å². The van der Waals surface area contributed by atoms with Crippen LogP contribution in [-0.2, 0) is 4.79 Å². The lowest BCUT2D eigenvalue weighted by atomic mass is 9.80. The zero-order valence-corrected chi connectivity index (χ0v) is 8.74. The maximum atomic E-state index is 10.5. The molecule has 1 rings (SSSR count). The second kappa shape index (κ2) is 5.58. The highest BCUT2D eigenvalue weighted by Gasteiger charge is 2.22. The number of amides is 2. The number of nitrogens with one attached hydrogen (secondary N) is 1. The van der Waals surface area contributed by atoms with Gasteiger partial charge >= 0.3 is 12.0 Å². The van der Waals surface area contributed by atoms with Crippen LogP contribution >= 0.6 is 0 Å². The van der Waals surface area contributed by atoms with Gasteiger partial charge in [0.1, 0.15) is 0 Å². The van der Waals surface area contributed by atoms with Crippen molar-refractivity contribution in [2.45, 2.75) is 32.1 Å². The quantitative estimate of drug-likeness (QED) is 0.650. The summed E-state index contributed by atoms with van der Waals surface area (Å²) in [6, 6.07) is -0.484. The van der Waals surface area contributed by atoms with E-state index in [1.807, 2.05) is 0 Å². The fraction of sp³-hybridized carbons (Fsp3) is 0.800. The van der Waals surface area contributed by atoms with Crippen LogP contribution in [0.2, 0.25) is 0 Å². The van der Waals surface area contributed by atoms with Crippen molar-refractivity contribution in [2.24, 2.45) is 17.6 Å². The van der Waals surface area contributed by atoms with E-state index in [-0.39, 0.29) is 6.42 Å². The third-order valence-electron chi connectivity index (χ3n) is 2.99. The normalized spacial score (nSPS) is 25.9. The van der Waals surface area contributed by atoms with E-state index in [1.54, 1.807) is 0 Å². The molecule has 1 aliphatic rings. The average molecular weight is 214 g/mol. The number of carbonyl (C=O) groups excluding carboxylic acids is 1. The minimum absolute atomic E-state index is 0.274. The largest absolute Gasteiger partial charge is 0.481 e. The summed E-state index contributed by atoms with van der Waals surface area (Å²) in [6.07, 6.45) is 4.13. The van der Waals surface area contributed by atoms with Gasteiger partial charge in [0.2, 0.25) is 0 Å². The first-order chi connectivity index (χ1) is 7.08. The summed E-state index contributed by atoms with van der Waals surface area (Å²) in [7, 11) is 0. The zero-order chi connectivity index (χ0) is 11.3. The Kier molecular flexibility index (Phi) is 4.39. The lowest BCUT2D eigenvalue weighted by Gasteiger charge is -2.27. The summed E-state index contributed by atoms with van der Waals surface area (Å²) < 4.78 is 0. The van der Waals surface area contributed by atoms with Crippen LogP contribution in [0, 0.1) is 11.8 Å². The Hall–Kier alpha value is -1.26. The zero-order valence-electron chi connectivity index (χ0n) is 8.74. The van der Waals surface area contributed by atoms with Gasteiger partial charge in [0.05, 0.1) is 0 Å². The summed E-state index contributed by atoms with van der Waals surface area (Å²) >= 11 is 0. The first-order valence-corrected chi connectivity index (χ1v) is 5.33. The molecule has 0 atom stereocenters. The van der Waals surface area contributed by atoms with Crippen molar-refractivity contribution in [3.8, 4) is 0 Å². The molecule has 0 aromatic heterocycles. The Morgan fingerprint density at radius 3 is 2.20 bits per heavy atom. The molecule has 0 aliphatic heterocycles. The van der Waals surface area contributed by atoms with Crippen LogP contribution in [0.4, 0.5) is 4.79 Å². The van der Waals surface area contributed by atoms with Gasteiger partial charge in [0.15, 0.2) is 0 Å². The third-order valence-corrected chi connectivity index (χ3v) is 2.99. The van der Waals surface area contributed by atoms with E-state index in [2.05, 4.69) is 5.32 Å². The number of carboxylic acids is 1. The predicted octanol–water partition coefficient (Wildman–Crippen LogP) is 0.936. The summed E-state index contributed by atoms with van der Waals surface area (Å²) in [4.78, 5) is 21.0. The van der Waals surface area contributed by atoms with E-state index in [0.29, 0.717) is 18.4 Å². The molecule has 15 heavy (non-hydrogen) atoms. The second-order valence-corrected chi connectivity index (χ2v) is 4.23. The molecule has 1 fully saturated rings. The van der Waals surface area contributed by atoms with Crippen LogP contribution in [0.15, 0.2) is 0 Å². The Morgan fingerprint density at radius 2 is 1.73 bits per heavy atom. The van der Waals surface area contributed by atoms with Crippen molar-refractivity contribution in [1.82, 2.24) is 5.32 Å². The third kappa shape index (κ3) is 4.67. The SMILES string of the molecule is NC(=O)NCC1CCC(CC(=O)O)CC1. The van der Waals surface area contributed by atoms with Crippen molar-refractivity contribution in [3.63, 3.8) is 0 Å². The first-order valence-electron chi connectivity index (χ1n) is 5.33. The molecule has 0 heterocycles. The monoisotopic (exact) mass is 214 g/mol. The van der Waals surface area contributed by atoms with E-state index in [9.17, 15) is 9.59 Å². The Morgan fingerprint density at radius 1 is 1.20 bits per heavy atom. The molecule has 1 saturated carbocycles. The minimum Gasteiger partial charge on any atom is -0.481 e. The van der Waals surface area contributed by atoms with E-state index in [0.717, 1.165) is 25.7 Å². The molecule has 2 amide bonds. The van der Waals surface area contributed by atoms with Gasteiger partial charge in [-0.05, 0) is 37.5 Å². The molecule has 1 aliphatic carbocycles. The number of carboxylic acid groups (broad SMARTS) is 1. The lowest BCUT2D eigenvalue weighted by Crippen LogP contribution is -2.35. The van der Waals surface area contributed by atoms with Crippen molar-refractivity contribution in [2.75, 3.05) is 6.54 Å². The molecule has 0 radical (unpaired) electrons. The molecule has 0 bridgehead atoms. The first kappa shape index (κ1) is 11.8. The highest BCUT2D eigenvalue weighted by Crippen LogP contribution is 2.30. The van der Waals surface area contributed by atoms with Gasteiger partial charge in [-0.25, -0.2) is 4.79 Å². The smallest absolute Gasteiger partial charge is 0.312 e. The second-order valence-electron chi connectivity index (χ2n) is 4.23. The van der Waals surface area contributed by atoms with Crippen LogP contribution in [0.25, 0.3) is 0 Å². The maximum Gasteiger partial charge on any atom is 0.312 e. The predicted molar refractivity (Wildman–Crippen MR) is 55.3 cm³/mol. The van der Waals surface area contributed by atoms with E-state index in [4.69, 9.17) is 10.8 Å². The van der Waals surface area contributed by atoms with Crippen molar-refractivity contribution in [3.05, 3.63) is 0 Å². The van der Waals surface area contributed by atoms with Crippen molar-refractivity contribution >= 4 is 12.0 Å². The number of hydrogen-bond donors (Lipinski definition) is 3. The average Bonchev–Trinajstić information content (AvgIpc) is 2.16. The molecule has 4 N–H and O–H groups in total.